The molecule has 5 rings (SSSR count). The highest BCUT2D eigenvalue weighted by Crippen LogP contribution is 2.36. The lowest BCUT2D eigenvalue weighted by Crippen LogP contribution is -2.46. The lowest BCUT2D eigenvalue weighted by atomic mass is 9.98. The maximum Gasteiger partial charge on any atom is 0.262 e. The molecule has 1 unspecified atom stereocenters. The Labute approximate surface area is 243 Å². The van der Waals surface area contributed by atoms with Crippen LogP contribution in [-0.4, -0.2) is 85.4 Å². The van der Waals surface area contributed by atoms with Crippen LogP contribution in [-0.2, 0) is 9.53 Å². The second kappa shape index (κ2) is 13.2. The molecule has 0 bridgehead atoms. The predicted molar refractivity (Wildman–Crippen MR) is 155 cm³/mol. The van der Waals surface area contributed by atoms with Crippen molar-refractivity contribution in [2.75, 3.05) is 53.0 Å². The van der Waals surface area contributed by atoms with Crippen LogP contribution in [0.2, 0.25) is 5.02 Å². The Hall–Kier alpha value is -3.79. The molecule has 2 heterocycles. The topological polar surface area (TPSA) is 74.7 Å². The lowest BCUT2D eigenvalue weighted by Gasteiger charge is -2.31. The molecule has 41 heavy (non-hydrogen) atoms. The lowest BCUT2D eigenvalue weighted by molar-refractivity contribution is -0.133. The van der Waals surface area contributed by atoms with E-state index in [1.807, 2.05) is 42.5 Å². The van der Waals surface area contributed by atoms with Gasteiger partial charge in [-0.1, -0.05) is 48.0 Å². The van der Waals surface area contributed by atoms with Gasteiger partial charge in [-0.3, -0.25) is 14.5 Å². The molecule has 214 valence electrons. The largest absolute Gasteiger partial charge is 0.497 e. The van der Waals surface area contributed by atoms with Crippen molar-refractivity contribution in [1.29, 1.82) is 0 Å². The third-order valence-electron chi connectivity index (χ3n) is 7.31. The summed E-state index contributed by atoms with van der Waals surface area (Å²) in [5.41, 5.74) is 2.49. The average molecular weight is 579 g/mol. The van der Waals surface area contributed by atoms with Gasteiger partial charge >= 0.3 is 0 Å². The Morgan fingerprint density at radius 2 is 1.85 bits per heavy atom. The SMILES string of the molecule is COc1cccc(C2=NN(C(=O)CN(CCN3CCOCC3)C(=O)c3cccc(F)c3)C(c3ccccc3Cl)C2)c1. The van der Waals surface area contributed by atoms with Gasteiger partial charge in [-0.25, -0.2) is 9.40 Å². The smallest absolute Gasteiger partial charge is 0.262 e. The zero-order valence-electron chi connectivity index (χ0n) is 22.8. The minimum absolute atomic E-state index is 0.185. The Morgan fingerprint density at radius 1 is 1.07 bits per heavy atom. The molecule has 3 aromatic rings. The maximum absolute atomic E-state index is 14.0. The summed E-state index contributed by atoms with van der Waals surface area (Å²) in [5.74, 6) is -0.614. The number of nitrogens with zero attached hydrogens (tertiary/aromatic N) is 4. The van der Waals surface area contributed by atoms with E-state index in [2.05, 4.69) is 4.90 Å². The van der Waals surface area contributed by atoms with Gasteiger partial charge in [-0.05, 0) is 42.0 Å². The quantitative estimate of drug-likeness (QED) is 0.370. The molecular formula is C31H32ClFN4O4. The van der Waals surface area contributed by atoms with E-state index >= 15 is 0 Å². The molecule has 0 saturated carbocycles. The zero-order valence-corrected chi connectivity index (χ0v) is 23.6. The number of hydrazone groups is 1. The summed E-state index contributed by atoms with van der Waals surface area (Å²) in [7, 11) is 1.60. The first-order valence-corrected chi connectivity index (χ1v) is 13.9. The van der Waals surface area contributed by atoms with Gasteiger partial charge in [-0.2, -0.15) is 5.10 Å². The number of benzene rings is 3. The van der Waals surface area contributed by atoms with E-state index in [0.29, 0.717) is 42.7 Å². The zero-order chi connectivity index (χ0) is 28.8. The summed E-state index contributed by atoms with van der Waals surface area (Å²) in [6.07, 6.45) is 0.439. The summed E-state index contributed by atoms with van der Waals surface area (Å²) in [5, 5.41) is 6.70. The molecule has 2 aliphatic rings. The van der Waals surface area contributed by atoms with Crippen LogP contribution in [0.4, 0.5) is 4.39 Å². The van der Waals surface area contributed by atoms with E-state index in [1.54, 1.807) is 19.2 Å². The first-order valence-electron chi connectivity index (χ1n) is 13.6. The van der Waals surface area contributed by atoms with Crippen LogP contribution in [0.5, 0.6) is 5.75 Å². The van der Waals surface area contributed by atoms with Gasteiger partial charge in [0.25, 0.3) is 11.8 Å². The Bertz CT molecular complexity index is 1430. The van der Waals surface area contributed by atoms with Crippen molar-refractivity contribution >= 4 is 29.1 Å². The van der Waals surface area contributed by atoms with Gasteiger partial charge in [0.05, 0.1) is 32.1 Å². The fourth-order valence-electron chi connectivity index (χ4n) is 5.08. The van der Waals surface area contributed by atoms with Crippen LogP contribution >= 0.6 is 11.6 Å². The molecule has 2 amide bonds. The van der Waals surface area contributed by atoms with Crippen LogP contribution in [0.3, 0.4) is 0 Å². The fourth-order valence-corrected chi connectivity index (χ4v) is 5.35. The highest BCUT2D eigenvalue weighted by molar-refractivity contribution is 6.31. The third kappa shape index (κ3) is 6.93. The van der Waals surface area contributed by atoms with Gasteiger partial charge < -0.3 is 14.4 Å². The number of rotatable bonds is 9. The van der Waals surface area contributed by atoms with Gasteiger partial charge in [0.15, 0.2) is 0 Å². The van der Waals surface area contributed by atoms with Crippen LogP contribution in [0.15, 0.2) is 77.9 Å². The number of carbonyl (C=O) groups is 2. The van der Waals surface area contributed by atoms with E-state index in [-0.39, 0.29) is 24.6 Å². The molecule has 0 aliphatic carbocycles. The van der Waals surface area contributed by atoms with Crippen molar-refractivity contribution < 1.29 is 23.5 Å². The fraction of sp³-hybridized carbons (Fsp3) is 0.323. The van der Waals surface area contributed by atoms with Crippen molar-refractivity contribution in [3.63, 3.8) is 0 Å². The molecule has 0 radical (unpaired) electrons. The summed E-state index contributed by atoms with van der Waals surface area (Å²) in [6, 6.07) is 19.9. The average Bonchev–Trinajstić information content (AvgIpc) is 3.45. The summed E-state index contributed by atoms with van der Waals surface area (Å²) in [6.45, 7) is 3.34. The highest BCUT2D eigenvalue weighted by atomic mass is 35.5. The Kier molecular flexibility index (Phi) is 9.28. The van der Waals surface area contributed by atoms with Crippen molar-refractivity contribution in [3.8, 4) is 5.75 Å². The second-order valence-corrected chi connectivity index (χ2v) is 10.4. The predicted octanol–water partition coefficient (Wildman–Crippen LogP) is 4.64. The third-order valence-corrected chi connectivity index (χ3v) is 7.65. The number of ether oxygens (including phenoxy) is 2. The Morgan fingerprint density at radius 3 is 2.61 bits per heavy atom. The molecule has 8 nitrogen and oxygen atoms in total. The molecule has 1 saturated heterocycles. The minimum atomic E-state index is -0.513. The maximum atomic E-state index is 14.0. The number of methoxy groups -OCH3 is 1. The molecule has 3 aromatic carbocycles. The molecule has 2 aliphatic heterocycles. The molecule has 0 spiro atoms. The molecule has 0 N–H and O–H groups in total. The van der Waals surface area contributed by atoms with E-state index in [1.165, 1.54) is 28.1 Å². The van der Waals surface area contributed by atoms with Gasteiger partial charge in [0, 0.05) is 48.7 Å². The van der Waals surface area contributed by atoms with Crippen molar-refractivity contribution in [2.24, 2.45) is 5.10 Å². The van der Waals surface area contributed by atoms with E-state index in [9.17, 15) is 14.0 Å². The van der Waals surface area contributed by atoms with Crippen LogP contribution in [0.1, 0.15) is 33.9 Å². The van der Waals surface area contributed by atoms with Crippen LogP contribution < -0.4 is 4.74 Å². The summed E-state index contributed by atoms with van der Waals surface area (Å²) >= 11 is 6.58. The molecule has 0 aromatic heterocycles. The monoisotopic (exact) mass is 578 g/mol. The number of carbonyl (C=O) groups excluding carboxylic acids is 2. The first kappa shape index (κ1) is 28.7. The van der Waals surface area contributed by atoms with Crippen molar-refractivity contribution in [3.05, 3.63) is 100 Å². The van der Waals surface area contributed by atoms with Crippen molar-refractivity contribution in [2.45, 2.75) is 12.5 Å². The van der Waals surface area contributed by atoms with E-state index < -0.39 is 17.8 Å². The Balaban J connectivity index is 1.43. The highest BCUT2D eigenvalue weighted by Gasteiger charge is 2.35. The summed E-state index contributed by atoms with van der Waals surface area (Å²) < 4.78 is 24.8. The van der Waals surface area contributed by atoms with Gasteiger partial charge in [0.1, 0.15) is 18.1 Å². The standard InChI is InChI=1S/C31H32ClFN4O4/c1-40-25-9-5-6-22(19-25)28-20-29(26-10-2-3-11-27(26)32)37(34-28)30(38)21-36(13-12-35-14-16-41-17-15-35)31(39)23-7-4-8-24(33)18-23/h2-11,18-19,29H,12-17,20-21H2,1H3. The number of halogens is 2. The number of hydrogen-bond donors (Lipinski definition) is 0. The normalized spacial score (nSPS) is 17.3. The van der Waals surface area contributed by atoms with E-state index in [4.69, 9.17) is 26.2 Å². The molecule has 1 fully saturated rings. The molecular weight excluding hydrogens is 547 g/mol. The number of morpholine rings is 1. The van der Waals surface area contributed by atoms with Gasteiger partial charge in [0.2, 0.25) is 0 Å². The van der Waals surface area contributed by atoms with Crippen LogP contribution in [0.25, 0.3) is 0 Å². The van der Waals surface area contributed by atoms with E-state index in [0.717, 1.165) is 24.2 Å². The van der Waals surface area contributed by atoms with Crippen LogP contribution in [0, 0.1) is 5.82 Å². The van der Waals surface area contributed by atoms with Gasteiger partial charge in [-0.15, -0.1) is 0 Å². The van der Waals surface area contributed by atoms with Crippen molar-refractivity contribution in [1.82, 2.24) is 14.8 Å². The second-order valence-electron chi connectivity index (χ2n) is 9.95. The number of hydrogen-bond acceptors (Lipinski definition) is 6. The summed E-state index contributed by atoms with van der Waals surface area (Å²) in [4.78, 5) is 31.2. The minimum Gasteiger partial charge on any atom is -0.497 e. The molecule has 1 atom stereocenters. The first-order chi connectivity index (χ1) is 19.9. The number of amides is 2. The molecule has 10 heteroatoms.